The molecule has 1 aromatic carbocycles. The first-order valence-corrected chi connectivity index (χ1v) is 6.26. The fourth-order valence-electron chi connectivity index (χ4n) is 1.98. The van der Waals surface area contributed by atoms with Gasteiger partial charge < -0.3 is 13.7 Å². The SMILES string of the molecule is CN(C)C=Nc1cc2c(=O)oc3ccccc3c2oc1=O. The summed E-state index contributed by atoms with van der Waals surface area (Å²) < 4.78 is 10.5. The molecule has 0 amide bonds. The van der Waals surface area contributed by atoms with Crippen molar-refractivity contribution in [1.29, 1.82) is 0 Å². The minimum atomic E-state index is -0.601. The summed E-state index contributed by atoms with van der Waals surface area (Å²) in [5.74, 6) is 0. The van der Waals surface area contributed by atoms with Crippen LogP contribution in [0, 0.1) is 0 Å². The summed E-state index contributed by atoms with van der Waals surface area (Å²) in [6, 6.07) is 8.28. The van der Waals surface area contributed by atoms with Gasteiger partial charge >= 0.3 is 11.3 Å². The molecule has 106 valence electrons. The van der Waals surface area contributed by atoms with Gasteiger partial charge in [-0.25, -0.2) is 14.6 Å². The van der Waals surface area contributed by atoms with Gasteiger partial charge in [0, 0.05) is 14.1 Å². The van der Waals surface area contributed by atoms with E-state index in [4.69, 9.17) is 8.83 Å². The molecule has 6 heteroatoms. The zero-order valence-corrected chi connectivity index (χ0v) is 11.5. The third kappa shape index (κ3) is 2.31. The Hall–Kier alpha value is -2.89. The van der Waals surface area contributed by atoms with E-state index in [9.17, 15) is 9.59 Å². The normalized spacial score (nSPS) is 11.5. The number of rotatable bonds is 2. The number of para-hydroxylation sites is 1. The summed E-state index contributed by atoms with van der Waals surface area (Å²) in [5, 5.41) is 0.770. The molecule has 0 spiro atoms. The van der Waals surface area contributed by atoms with Crippen molar-refractivity contribution < 1.29 is 8.83 Å². The highest BCUT2D eigenvalue weighted by atomic mass is 16.4. The molecule has 0 atom stereocenters. The summed E-state index contributed by atoms with van der Waals surface area (Å²) in [7, 11) is 3.54. The van der Waals surface area contributed by atoms with Crippen LogP contribution in [0.25, 0.3) is 21.9 Å². The van der Waals surface area contributed by atoms with Gasteiger partial charge in [0.1, 0.15) is 11.0 Å². The van der Waals surface area contributed by atoms with E-state index in [1.54, 1.807) is 43.3 Å². The molecular weight excluding hydrogens is 272 g/mol. The molecule has 0 aliphatic rings. The lowest BCUT2D eigenvalue weighted by atomic mass is 10.2. The smallest absolute Gasteiger partial charge is 0.362 e. The van der Waals surface area contributed by atoms with Crippen LogP contribution in [0.1, 0.15) is 0 Å². The Balaban J connectivity index is 2.38. The van der Waals surface area contributed by atoms with Gasteiger partial charge in [-0.2, -0.15) is 0 Å². The van der Waals surface area contributed by atoms with Crippen molar-refractivity contribution in [3.05, 3.63) is 51.2 Å². The Kier molecular flexibility index (Phi) is 3.06. The van der Waals surface area contributed by atoms with E-state index in [0.717, 1.165) is 0 Å². The third-order valence-corrected chi connectivity index (χ3v) is 2.91. The van der Waals surface area contributed by atoms with Crippen molar-refractivity contribution in [3.63, 3.8) is 0 Å². The lowest BCUT2D eigenvalue weighted by Gasteiger charge is -2.03. The highest BCUT2D eigenvalue weighted by molar-refractivity contribution is 6.00. The van der Waals surface area contributed by atoms with Gasteiger partial charge in [-0.05, 0) is 18.2 Å². The van der Waals surface area contributed by atoms with E-state index in [-0.39, 0.29) is 16.7 Å². The summed E-state index contributed by atoms with van der Waals surface area (Å²) in [6.45, 7) is 0. The van der Waals surface area contributed by atoms with Gasteiger partial charge in [-0.15, -0.1) is 0 Å². The molecule has 0 saturated carbocycles. The number of nitrogens with zero attached hydrogens (tertiary/aromatic N) is 2. The molecule has 2 heterocycles. The van der Waals surface area contributed by atoms with Gasteiger partial charge in [-0.1, -0.05) is 12.1 Å². The van der Waals surface area contributed by atoms with Crippen molar-refractivity contribution >= 4 is 34.0 Å². The molecule has 2 aromatic heterocycles. The van der Waals surface area contributed by atoms with Crippen LogP contribution in [0.4, 0.5) is 5.69 Å². The molecule has 0 saturated heterocycles. The molecule has 0 aliphatic carbocycles. The minimum absolute atomic E-state index is 0.0544. The molecule has 0 fully saturated rings. The maximum atomic E-state index is 12.0. The number of benzene rings is 1. The Morgan fingerprint density at radius 3 is 2.57 bits per heavy atom. The van der Waals surface area contributed by atoms with E-state index in [1.165, 1.54) is 12.4 Å². The van der Waals surface area contributed by atoms with Crippen molar-refractivity contribution in [1.82, 2.24) is 4.90 Å². The molecule has 0 radical (unpaired) electrons. The van der Waals surface area contributed by atoms with Crippen LogP contribution in [-0.4, -0.2) is 25.3 Å². The second-order valence-corrected chi connectivity index (χ2v) is 4.76. The fourth-order valence-corrected chi connectivity index (χ4v) is 1.98. The largest absolute Gasteiger partial charge is 0.422 e. The third-order valence-electron chi connectivity index (χ3n) is 2.91. The molecule has 21 heavy (non-hydrogen) atoms. The Labute approximate surface area is 118 Å². The number of hydrogen-bond acceptors (Lipinski definition) is 5. The topological polar surface area (TPSA) is 76.0 Å². The maximum Gasteiger partial charge on any atom is 0.362 e. The molecule has 3 aromatic rings. The van der Waals surface area contributed by atoms with Gasteiger partial charge in [0.05, 0.1) is 11.7 Å². The van der Waals surface area contributed by atoms with Crippen LogP contribution in [-0.2, 0) is 0 Å². The van der Waals surface area contributed by atoms with Crippen LogP contribution in [0.2, 0.25) is 0 Å². The highest BCUT2D eigenvalue weighted by Crippen LogP contribution is 2.23. The number of fused-ring (bicyclic) bond motifs is 3. The monoisotopic (exact) mass is 284 g/mol. The summed E-state index contributed by atoms with van der Waals surface area (Å²) in [4.78, 5) is 29.6. The van der Waals surface area contributed by atoms with Crippen LogP contribution in [0.15, 0.2) is 53.7 Å². The van der Waals surface area contributed by atoms with Crippen molar-refractivity contribution in [2.75, 3.05) is 14.1 Å². The van der Waals surface area contributed by atoms with E-state index >= 15 is 0 Å². The van der Waals surface area contributed by atoms with E-state index < -0.39 is 11.3 Å². The molecule has 0 unspecified atom stereocenters. The Morgan fingerprint density at radius 2 is 1.81 bits per heavy atom. The van der Waals surface area contributed by atoms with Crippen LogP contribution >= 0.6 is 0 Å². The van der Waals surface area contributed by atoms with E-state index in [0.29, 0.717) is 11.0 Å². The van der Waals surface area contributed by atoms with Gasteiger partial charge in [0.2, 0.25) is 0 Å². The van der Waals surface area contributed by atoms with Gasteiger partial charge in [0.15, 0.2) is 11.3 Å². The Morgan fingerprint density at radius 1 is 1.05 bits per heavy atom. The highest BCUT2D eigenvalue weighted by Gasteiger charge is 2.12. The molecule has 0 N–H and O–H groups in total. The predicted octanol–water partition coefficient (Wildman–Crippen LogP) is 2.12. The average Bonchev–Trinajstić information content (AvgIpc) is 2.45. The van der Waals surface area contributed by atoms with Crippen LogP contribution in [0.3, 0.4) is 0 Å². The summed E-state index contributed by atoms with van der Waals surface area (Å²) in [5.41, 5.74) is -0.512. The summed E-state index contributed by atoms with van der Waals surface area (Å²) in [6.07, 6.45) is 1.46. The standard InChI is InChI=1S/C15H12N2O4/c1-17(2)8-16-11-7-10-13(21-15(11)19)9-5-3-4-6-12(9)20-14(10)18/h3-8H,1-2H3. The first-order chi connectivity index (χ1) is 10.1. The van der Waals surface area contributed by atoms with Crippen molar-refractivity contribution in [2.45, 2.75) is 0 Å². The van der Waals surface area contributed by atoms with Crippen molar-refractivity contribution in [3.8, 4) is 0 Å². The lowest BCUT2D eigenvalue weighted by Crippen LogP contribution is -2.09. The Bertz CT molecular complexity index is 967. The quantitative estimate of drug-likeness (QED) is 0.312. The van der Waals surface area contributed by atoms with Gasteiger partial charge in [-0.3, -0.25) is 0 Å². The minimum Gasteiger partial charge on any atom is -0.422 e. The lowest BCUT2D eigenvalue weighted by molar-refractivity contribution is 0.543. The van der Waals surface area contributed by atoms with E-state index in [2.05, 4.69) is 4.99 Å². The second kappa shape index (κ2) is 4.90. The maximum absolute atomic E-state index is 12.0. The average molecular weight is 284 g/mol. The summed E-state index contributed by atoms with van der Waals surface area (Å²) >= 11 is 0. The molecule has 3 rings (SSSR count). The first kappa shape index (κ1) is 13.1. The molecule has 0 aliphatic heterocycles. The first-order valence-electron chi connectivity index (χ1n) is 6.26. The van der Waals surface area contributed by atoms with Gasteiger partial charge in [0.25, 0.3) is 0 Å². The number of hydrogen-bond donors (Lipinski definition) is 0. The predicted molar refractivity (Wildman–Crippen MR) is 80.4 cm³/mol. The van der Waals surface area contributed by atoms with E-state index in [1.807, 2.05) is 0 Å². The van der Waals surface area contributed by atoms with Crippen LogP contribution in [0.5, 0.6) is 0 Å². The zero-order valence-electron chi connectivity index (χ0n) is 11.5. The fraction of sp³-hybridized carbons (Fsp3) is 0.133. The van der Waals surface area contributed by atoms with Crippen molar-refractivity contribution in [2.24, 2.45) is 4.99 Å². The molecule has 0 bridgehead atoms. The zero-order chi connectivity index (χ0) is 15.0. The molecular formula is C15H12N2O4. The number of aliphatic imine (C=N–C) groups is 1. The molecule has 6 nitrogen and oxygen atoms in total. The second-order valence-electron chi connectivity index (χ2n) is 4.76. The van der Waals surface area contributed by atoms with Crippen LogP contribution < -0.4 is 11.3 Å².